The molecule has 0 heterocycles. The molecule has 1 atom stereocenters. The molecule has 0 aliphatic rings. The SMILES string of the molecule is CC(=O)O[S@@](=N)(=O)c1ccccc1. The first-order valence-corrected chi connectivity index (χ1v) is 5.04. The highest BCUT2D eigenvalue weighted by atomic mass is 32.2. The number of carbonyl (C=O) groups is 1. The molecule has 0 saturated carbocycles. The maximum Gasteiger partial charge on any atom is 0.317 e. The van der Waals surface area contributed by atoms with Gasteiger partial charge >= 0.3 is 5.97 Å². The molecule has 0 fully saturated rings. The Labute approximate surface area is 76.7 Å². The largest absolute Gasteiger partial charge is 0.356 e. The minimum Gasteiger partial charge on any atom is -0.356 e. The molecule has 4 nitrogen and oxygen atoms in total. The van der Waals surface area contributed by atoms with Crippen molar-refractivity contribution >= 4 is 16.0 Å². The van der Waals surface area contributed by atoms with Gasteiger partial charge in [0.25, 0.3) is 0 Å². The summed E-state index contributed by atoms with van der Waals surface area (Å²) in [6.07, 6.45) is 0. The summed E-state index contributed by atoms with van der Waals surface area (Å²) < 4.78 is 23.1. The molecule has 1 aromatic rings. The number of hydrogen-bond acceptors (Lipinski definition) is 4. The molecule has 70 valence electrons. The monoisotopic (exact) mass is 199 g/mol. The van der Waals surface area contributed by atoms with Crippen LogP contribution in [0.2, 0.25) is 0 Å². The third kappa shape index (κ3) is 2.55. The van der Waals surface area contributed by atoms with Crippen molar-refractivity contribution in [3.05, 3.63) is 30.3 Å². The predicted octanol–water partition coefficient (Wildman–Crippen LogP) is 1.57. The lowest BCUT2D eigenvalue weighted by Crippen LogP contribution is -2.08. The van der Waals surface area contributed by atoms with Crippen LogP contribution < -0.4 is 0 Å². The van der Waals surface area contributed by atoms with Gasteiger partial charge < -0.3 is 4.18 Å². The number of benzene rings is 1. The zero-order valence-corrected chi connectivity index (χ0v) is 7.84. The van der Waals surface area contributed by atoms with E-state index < -0.39 is 16.0 Å². The van der Waals surface area contributed by atoms with E-state index >= 15 is 0 Å². The molecular weight excluding hydrogens is 190 g/mol. The zero-order chi connectivity index (χ0) is 9.90. The molecule has 0 radical (unpaired) electrons. The lowest BCUT2D eigenvalue weighted by molar-refractivity contribution is -0.131. The van der Waals surface area contributed by atoms with Gasteiger partial charge in [-0.05, 0) is 12.1 Å². The average Bonchev–Trinajstić information content (AvgIpc) is 2.04. The van der Waals surface area contributed by atoms with Crippen LogP contribution in [0.4, 0.5) is 0 Å². The van der Waals surface area contributed by atoms with Crippen molar-refractivity contribution in [3.63, 3.8) is 0 Å². The van der Waals surface area contributed by atoms with Gasteiger partial charge in [-0.15, -0.1) is 0 Å². The van der Waals surface area contributed by atoms with Crippen LogP contribution in [0.15, 0.2) is 35.2 Å². The van der Waals surface area contributed by atoms with E-state index in [2.05, 4.69) is 4.18 Å². The molecule has 0 aliphatic heterocycles. The summed E-state index contributed by atoms with van der Waals surface area (Å²) in [6, 6.07) is 7.96. The summed E-state index contributed by atoms with van der Waals surface area (Å²) >= 11 is 0. The van der Waals surface area contributed by atoms with Gasteiger partial charge in [0.1, 0.15) is 0 Å². The molecule has 0 spiro atoms. The van der Waals surface area contributed by atoms with Crippen molar-refractivity contribution in [2.75, 3.05) is 0 Å². The van der Waals surface area contributed by atoms with Crippen molar-refractivity contribution in [1.29, 1.82) is 4.78 Å². The van der Waals surface area contributed by atoms with E-state index in [0.717, 1.165) is 6.92 Å². The average molecular weight is 199 g/mol. The fourth-order valence-corrected chi connectivity index (χ4v) is 1.76. The minimum atomic E-state index is -3.41. The molecule has 5 heteroatoms. The van der Waals surface area contributed by atoms with Crippen molar-refractivity contribution in [3.8, 4) is 0 Å². The molecule has 1 N–H and O–H groups in total. The van der Waals surface area contributed by atoms with E-state index in [4.69, 9.17) is 4.78 Å². The molecule has 0 bridgehead atoms. The topological polar surface area (TPSA) is 67.2 Å². The van der Waals surface area contributed by atoms with Crippen LogP contribution in [0.25, 0.3) is 0 Å². The Morgan fingerprint density at radius 3 is 2.38 bits per heavy atom. The first-order valence-electron chi connectivity index (χ1n) is 3.56. The van der Waals surface area contributed by atoms with Gasteiger partial charge in [0.2, 0.25) is 10.0 Å². The Balaban J connectivity index is 3.02. The number of rotatable bonds is 2. The molecule has 1 aromatic carbocycles. The van der Waals surface area contributed by atoms with Gasteiger partial charge in [0, 0.05) is 6.92 Å². The van der Waals surface area contributed by atoms with Crippen LogP contribution >= 0.6 is 0 Å². The van der Waals surface area contributed by atoms with Crippen LogP contribution in [0.5, 0.6) is 0 Å². The zero-order valence-electron chi connectivity index (χ0n) is 7.02. The van der Waals surface area contributed by atoms with E-state index in [1.807, 2.05) is 0 Å². The predicted molar refractivity (Wildman–Crippen MR) is 47.3 cm³/mol. The quantitative estimate of drug-likeness (QED) is 0.786. The summed E-state index contributed by atoms with van der Waals surface area (Å²) in [4.78, 5) is 10.7. The fraction of sp³-hybridized carbons (Fsp3) is 0.125. The van der Waals surface area contributed by atoms with Crippen molar-refractivity contribution in [2.24, 2.45) is 0 Å². The highest BCUT2D eigenvalue weighted by molar-refractivity contribution is 7.88. The normalized spacial score (nSPS) is 14.5. The second kappa shape index (κ2) is 3.57. The van der Waals surface area contributed by atoms with E-state index in [9.17, 15) is 9.00 Å². The van der Waals surface area contributed by atoms with Crippen LogP contribution in [0.3, 0.4) is 0 Å². The van der Waals surface area contributed by atoms with Crippen LogP contribution in [-0.4, -0.2) is 10.2 Å². The van der Waals surface area contributed by atoms with E-state index in [1.165, 1.54) is 12.1 Å². The second-order valence-electron chi connectivity index (χ2n) is 2.39. The van der Waals surface area contributed by atoms with E-state index in [-0.39, 0.29) is 4.90 Å². The summed E-state index contributed by atoms with van der Waals surface area (Å²) in [5, 5.41) is 0. The molecule has 1 rings (SSSR count). The summed E-state index contributed by atoms with van der Waals surface area (Å²) in [7, 11) is -3.41. The molecule has 0 saturated heterocycles. The summed E-state index contributed by atoms with van der Waals surface area (Å²) in [6.45, 7) is 1.12. The highest BCUT2D eigenvalue weighted by Gasteiger charge is 2.12. The lowest BCUT2D eigenvalue weighted by atomic mass is 10.4. The van der Waals surface area contributed by atoms with Gasteiger partial charge in [0.05, 0.1) is 4.90 Å². The lowest BCUT2D eigenvalue weighted by Gasteiger charge is -2.05. The Morgan fingerprint density at radius 1 is 1.38 bits per heavy atom. The molecule has 0 amide bonds. The van der Waals surface area contributed by atoms with E-state index in [1.54, 1.807) is 18.2 Å². The Kier molecular flexibility index (Phi) is 2.67. The Morgan fingerprint density at radius 2 is 1.92 bits per heavy atom. The molecular formula is C8H9NO3S. The number of carbonyl (C=O) groups excluding carboxylic acids is 1. The van der Waals surface area contributed by atoms with Crippen molar-refractivity contribution in [1.82, 2.24) is 0 Å². The summed E-state index contributed by atoms with van der Waals surface area (Å²) in [5.41, 5.74) is 0. The van der Waals surface area contributed by atoms with Gasteiger partial charge in [-0.25, -0.2) is 8.99 Å². The standard InChI is InChI=1S/C8H9NO3S/c1-7(10)12-13(9,11)8-5-3-2-4-6-8/h2-6,9H,1H3/t13-/m0/s1. The number of hydrogen-bond donors (Lipinski definition) is 1. The van der Waals surface area contributed by atoms with Crippen LogP contribution in [0, 0.1) is 4.78 Å². The minimum absolute atomic E-state index is 0.199. The van der Waals surface area contributed by atoms with Gasteiger partial charge in [-0.3, -0.25) is 4.79 Å². The number of nitrogens with one attached hydrogen (secondary N) is 1. The van der Waals surface area contributed by atoms with Crippen LogP contribution in [0.1, 0.15) is 6.92 Å². The first kappa shape index (κ1) is 9.73. The smallest absolute Gasteiger partial charge is 0.317 e. The molecule has 0 aliphatic carbocycles. The third-order valence-corrected chi connectivity index (χ3v) is 2.65. The van der Waals surface area contributed by atoms with Gasteiger partial charge in [-0.2, -0.15) is 0 Å². The Bertz CT molecular complexity index is 397. The first-order chi connectivity index (χ1) is 6.02. The van der Waals surface area contributed by atoms with Crippen LogP contribution in [-0.2, 0) is 19.0 Å². The van der Waals surface area contributed by atoms with Gasteiger partial charge in [0.15, 0.2) is 0 Å². The molecule has 0 unspecified atom stereocenters. The summed E-state index contributed by atoms with van der Waals surface area (Å²) in [5.74, 6) is -0.719. The third-order valence-electron chi connectivity index (χ3n) is 1.29. The van der Waals surface area contributed by atoms with Crippen molar-refractivity contribution < 1.29 is 13.2 Å². The molecule has 13 heavy (non-hydrogen) atoms. The maximum atomic E-state index is 11.4. The molecule has 0 aromatic heterocycles. The highest BCUT2D eigenvalue weighted by Crippen LogP contribution is 2.11. The van der Waals surface area contributed by atoms with E-state index in [0.29, 0.717) is 0 Å². The van der Waals surface area contributed by atoms with Gasteiger partial charge in [-0.1, -0.05) is 18.2 Å². The Hall–Kier alpha value is -1.36. The maximum absolute atomic E-state index is 11.4. The second-order valence-corrected chi connectivity index (χ2v) is 4.04. The van der Waals surface area contributed by atoms with Crippen molar-refractivity contribution in [2.45, 2.75) is 11.8 Å². The fourth-order valence-electron chi connectivity index (χ4n) is 0.813.